The molecule has 0 radical (unpaired) electrons. The number of nitrogens with zero attached hydrogens (tertiary/aromatic N) is 2. The van der Waals surface area contributed by atoms with Crippen molar-refractivity contribution >= 4 is 34.0 Å². The molecule has 1 unspecified atom stereocenters. The van der Waals surface area contributed by atoms with Crippen molar-refractivity contribution in [3.8, 4) is 10.8 Å². The Bertz CT molecular complexity index is 1140. The lowest BCUT2D eigenvalue weighted by atomic mass is 10.1. The molecule has 0 aliphatic heterocycles. The lowest BCUT2D eigenvalue weighted by molar-refractivity contribution is -0.137. The third-order valence-electron chi connectivity index (χ3n) is 4.30. The molecule has 28 heavy (non-hydrogen) atoms. The summed E-state index contributed by atoms with van der Waals surface area (Å²) in [6.07, 6.45) is -3.21. The van der Waals surface area contributed by atoms with Crippen LogP contribution in [0, 0.1) is 0 Å². The highest BCUT2D eigenvalue weighted by molar-refractivity contribution is 7.12. The van der Waals surface area contributed by atoms with Crippen LogP contribution < -0.4 is 4.74 Å². The fourth-order valence-corrected chi connectivity index (χ4v) is 3.86. The predicted octanol–water partition coefficient (Wildman–Crippen LogP) is 6.90. The van der Waals surface area contributed by atoms with Crippen LogP contribution in [-0.2, 0) is 6.18 Å². The monoisotopic (exact) mass is 422 g/mol. The molecule has 144 valence electrons. The highest BCUT2D eigenvalue weighted by Gasteiger charge is 2.30. The van der Waals surface area contributed by atoms with Crippen LogP contribution in [0.1, 0.15) is 24.2 Å². The molecular weight excluding hydrogens is 409 g/mol. The number of ether oxygens (including phenoxy) is 1. The zero-order valence-corrected chi connectivity index (χ0v) is 16.1. The molecular formula is C20H14ClF3N2OS. The molecule has 0 aliphatic rings. The Morgan fingerprint density at radius 1 is 1.14 bits per heavy atom. The van der Waals surface area contributed by atoms with E-state index in [0.717, 1.165) is 28.2 Å². The second kappa shape index (κ2) is 7.14. The minimum absolute atomic E-state index is 0.461. The number of hydrogen-bond donors (Lipinski definition) is 0. The fraction of sp³-hybridized carbons (Fsp3) is 0.150. The lowest BCUT2D eigenvalue weighted by Gasteiger charge is -2.15. The second-order valence-corrected chi connectivity index (χ2v) is 7.58. The molecule has 0 bridgehead atoms. The van der Waals surface area contributed by atoms with Crippen LogP contribution in [-0.4, -0.2) is 9.55 Å². The van der Waals surface area contributed by atoms with Gasteiger partial charge in [0.15, 0.2) is 0 Å². The number of alkyl halides is 3. The van der Waals surface area contributed by atoms with Gasteiger partial charge in [-0.05, 0) is 42.8 Å². The molecule has 4 aromatic rings. The van der Waals surface area contributed by atoms with E-state index in [9.17, 15) is 13.2 Å². The van der Waals surface area contributed by atoms with Gasteiger partial charge in [0.1, 0.15) is 23.2 Å². The molecule has 0 spiro atoms. The van der Waals surface area contributed by atoms with E-state index in [4.69, 9.17) is 16.3 Å². The topological polar surface area (TPSA) is 27.1 Å². The summed E-state index contributed by atoms with van der Waals surface area (Å²) < 4.78 is 46.5. The minimum Gasteiger partial charge on any atom is -0.485 e. The fourth-order valence-electron chi connectivity index (χ4n) is 2.89. The average Bonchev–Trinajstić information content (AvgIpc) is 3.27. The van der Waals surface area contributed by atoms with Gasteiger partial charge in [-0.1, -0.05) is 23.7 Å². The first-order chi connectivity index (χ1) is 13.3. The number of hydrogen-bond acceptors (Lipinski definition) is 3. The predicted molar refractivity (Wildman–Crippen MR) is 104 cm³/mol. The van der Waals surface area contributed by atoms with Gasteiger partial charge in [-0.2, -0.15) is 13.2 Å². The van der Waals surface area contributed by atoms with Gasteiger partial charge in [-0.25, -0.2) is 4.98 Å². The maximum Gasteiger partial charge on any atom is 0.416 e. The van der Waals surface area contributed by atoms with E-state index in [1.54, 1.807) is 25.4 Å². The third-order valence-corrected chi connectivity index (χ3v) is 5.45. The quantitative estimate of drug-likeness (QED) is 0.357. The number of imidazole rings is 1. The largest absolute Gasteiger partial charge is 0.485 e. The van der Waals surface area contributed by atoms with Crippen molar-refractivity contribution in [1.29, 1.82) is 0 Å². The van der Waals surface area contributed by atoms with E-state index in [-0.39, 0.29) is 0 Å². The highest BCUT2D eigenvalue weighted by atomic mass is 35.5. The molecule has 0 saturated carbocycles. The maximum absolute atomic E-state index is 12.9. The van der Waals surface area contributed by atoms with Gasteiger partial charge in [0.2, 0.25) is 0 Å². The first-order valence-corrected chi connectivity index (χ1v) is 9.62. The molecule has 0 N–H and O–H groups in total. The number of fused-ring (bicyclic) bond motifs is 1. The number of halogens is 4. The summed E-state index contributed by atoms with van der Waals surface area (Å²) in [6, 6.07) is 12.5. The molecule has 4 rings (SSSR count). The molecule has 0 fully saturated rings. The summed E-state index contributed by atoms with van der Waals surface area (Å²) in [5, 5.41) is 3.30. The van der Waals surface area contributed by atoms with Crippen LogP contribution in [0.4, 0.5) is 13.2 Å². The zero-order chi connectivity index (χ0) is 19.9. The first kappa shape index (κ1) is 18.8. The van der Waals surface area contributed by atoms with E-state index >= 15 is 0 Å². The Hall–Kier alpha value is -2.51. The van der Waals surface area contributed by atoms with Gasteiger partial charge < -0.3 is 4.74 Å². The normalized spacial score (nSPS) is 13.0. The molecule has 0 saturated heterocycles. The van der Waals surface area contributed by atoms with Crippen molar-refractivity contribution in [2.45, 2.75) is 19.2 Å². The molecule has 1 atom stereocenters. The molecule has 2 aromatic heterocycles. The number of thiophene rings is 1. The second-order valence-electron chi connectivity index (χ2n) is 6.25. The van der Waals surface area contributed by atoms with Gasteiger partial charge in [-0.15, -0.1) is 11.3 Å². The molecule has 2 heterocycles. The molecule has 3 nitrogen and oxygen atoms in total. The Morgan fingerprint density at radius 2 is 1.96 bits per heavy atom. The summed E-state index contributed by atoms with van der Waals surface area (Å²) in [7, 11) is 0. The van der Waals surface area contributed by atoms with Crippen molar-refractivity contribution < 1.29 is 17.9 Å². The van der Waals surface area contributed by atoms with E-state index in [2.05, 4.69) is 4.98 Å². The molecule has 8 heteroatoms. The third kappa shape index (κ3) is 3.72. The average molecular weight is 423 g/mol. The Balaban J connectivity index is 1.57. The number of aromatic nitrogens is 2. The summed E-state index contributed by atoms with van der Waals surface area (Å²) in [4.78, 5) is 4.35. The van der Waals surface area contributed by atoms with E-state index in [1.165, 1.54) is 17.4 Å². The van der Waals surface area contributed by atoms with Crippen molar-refractivity contribution in [2.24, 2.45) is 0 Å². The van der Waals surface area contributed by atoms with Gasteiger partial charge in [0, 0.05) is 16.5 Å². The smallest absolute Gasteiger partial charge is 0.416 e. The van der Waals surface area contributed by atoms with Gasteiger partial charge >= 0.3 is 6.18 Å². The van der Waals surface area contributed by atoms with Crippen molar-refractivity contribution in [1.82, 2.24) is 9.55 Å². The number of rotatable bonds is 4. The van der Waals surface area contributed by atoms with E-state index in [0.29, 0.717) is 16.3 Å². The van der Waals surface area contributed by atoms with Crippen LogP contribution in [0.3, 0.4) is 0 Å². The maximum atomic E-state index is 12.9. The highest BCUT2D eigenvalue weighted by Crippen LogP contribution is 2.34. The van der Waals surface area contributed by atoms with Crippen molar-refractivity contribution in [3.63, 3.8) is 0 Å². The zero-order valence-electron chi connectivity index (χ0n) is 14.6. The molecule has 0 aliphatic carbocycles. The minimum atomic E-state index is -4.38. The van der Waals surface area contributed by atoms with E-state index < -0.39 is 17.8 Å². The van der Waals surface area contributed by atoms with Gasteiger partial charge in [0.25, 0.3) is 0 Å². The van der Waals surface area contributed by atoms with Gasteiger partial charge in [-0.3, -0.25) is 4.57 Å². The first-order valence-electron chi connectivity index (χ1n) is 8.36. The van der Waals surface area contributed by atoms with Gasteiger partial charge in [0.05, 0.1) is 16.6 Å². The number of benzene rings is 2. The standard InChI is InChI=1S/C20H14ClF3N2OS/c1-12(13-3-2-4-14(7-13)20(22,23)24)27-16-9-19(28-10-16)26-11-25-17-6-5-15(21)8-18(17)26/h2-12H,1H3. The summed E-state index contributed by atoms with van der Waals surface area (Å²) in [6.45, 7) is 1.72. The van der Waals surface area contributed by atoms with Crippen molar-refractivity contribution in [3.05, 3.63) is 76.4 Å². The van der Waals surface area contributed by atoms with Crippen LogP contribution in [0.5, 0.6) is 5.75 Å². The van der Waals surface area contributed by atoms with Crippen LogP contribution in [0.2, 0.25) is 5.02 Å². The Kier molecular flexibility index (Phi) is 4.81. The molecule has 2 aromatic carbocycles. The summed E-state index contributed by atoms with van der Waals surface area (Å²) in [5.41, 5.74) is 1.46. The lowest BCUT2D eigenvalue weighted by Crippen LogP contribution is -2.08. The van der Waals surface area contributed by atoms with E-state index in [1.807, 2.05) is 28.1 Å². The molecule has 0 amide bonds. The summed E-state index contributed by atoms with van der Waals surface area (Å²) >= 11 is 7.53. The summed E-state index contributed by atoms with van der Waals surface area (Å²) in [5.74, 6) is 0.578. The van der Waals surface area contributed by atoms with Crippen molar-refractivity contribution in [2.75, 3.05) is 0 Å². The SMILES string of the molecule is CC(Oc1csc(-n2cnc3ccc(Cl)cc32)c1)c1cccc(C(F)(F)F)c1. The van der Waals surface area contributed by atoms with Crippen LogP contribution in [0.25, 0.3) is 16.0 Å². The van der Waals surface area contributed by atoms with Crippen LogP contribution in [0.15, 0.2) is 60.2 Å². The van der Waals surface area contributed by atoms with Crippen LogP contribution >= 0.6 is 22.9 Å². The Labute approximate surface area is 168 Å². The Morgan fingerprint density at radius 3 is 2.75 bits per heavy atom.